The highest BCUT2D eigenvalue weighted by atomic mass is 32.1. The summed E-state index contributed by atoms with van der Waals surface area (Å²) in [6.45, 7) is 3.71. The van der Waals surface area contributed by atoms with E-state index >= 15 is 0 Å². The molecule has 0 aliphatic heterocycles. The van der Waals surface area contributed by atoms with Gasteiger partial charge in [-0.1, -0.05) is 0 Å². The molecule has 4 heteroatoms. The molecular formula is C8H12N2OS. The smallest absolute Gasteiger partial charge is 0.257 e. The van der Waals surface area contributed by atoms with Gasteiger partial charge in [0.1, 0.15) is 0 Å². The van der Waals surface area contributed by atoms with E-state index in [2.05, 4.69) is 0 Å². The van der Waals surface area contributed by atoms with Crippen LogP contribution in [0.5, 0.6) is 0 Å². The average Bonchev–Trinajstić information content (AvgIpc) is 2.08. The molecule has 66 valence electrons. The summed E-state index contributed by atoms with van der Waals surface area (Å²) in [5, 5.41) is 0. The number of rotatable bonds is 0. The predicted molar refractivity (Wildman–Crippen MR) is 51.0 cm³/mol. The lowest BCUT2D eigenvalue weighted by atomic mass is 10.2. The van der Waals surface area contributed by atoms with Gasteiger partial charge in [0.05, 0.1) is 0 Å². The van der Waals surface area contributed by atoms with E-state index in [0.717, 1.165) is 11.3 Å². The Kier molecular flexibility index (Phi) is 2.19. The van der Waals surface area contributed by atoms with Crippen LogP contribution in [0.1, 0.15) is 11.3 Å². The second kappa shape index (κ2) is 2.86. The molecule has 0 saturated carbocycles. The van der Waals surface area contributed by atoms with Gasteiger partial charge in [-0.25, -0.2) is 0 Å². The van der Waals surface area contributed by atoms with Crippen molar-refractivity contribution in [1.29, 1.82) is 0 Å². The van der Waals surface area contributed by atoms with Crippen molar-refractivity contribution in [2.75, 3.05) is 0 Å². The van der Waals surface area contributed by atoms with E-state index in [-0.39, 0.29) is 5.56 Å². The molecule has 0 fully saturated rings. The van der Waals surface area contributed by atoms with Crippen molar-refractivity contribution in [2.24, 2.45) is 14.1 Å². The predicted octanol–water partition coefficient (Wildman–Crippen LogP) is 1.07. The second-order valence-electron chi connectivity index (χ2n) is 2.92. The Labute approximate surface area is 76.3 Å². The van der Waals surface area contributed by atoms with Crippen molar-refractivity contribution in [2.45, 2.75) is 13.8 Å². The largest absolute Gasteiger partial charge is 0.325 e. The van der Waals surface area contributed by atoms with E-state index in [1.54, 1.807) is 7.05 Å². The SMILES string of the molecule is Cc1c(C)n(C)c(=S)n(C)c1=O. The number of hydrogen-bond donors (Lipinski definition) is 0. The lowest BCUT2D eigenvalue weighted by Gasteiger charge is -2.10. The Bertz CT molecular complexity index is 391. The molecule has 0 saturated heterocycles. The van der Waals surface area contributed by atoms with Gasteiger partial charge in [-0.15, -0.1) is 0 Å². The Morgan fingerprint density at radius 1 is 1.17 bits per heavy atom. The van der Waals surface area contributed by atoms with Crippen LogP contribution in [0.25, 0.3) is 0 Å². The zero-order valence-electron chi connectivity index (χ0n) is 7.71. The third-order valence-corrected chi connectivity index (χ3v) is 2.79. The minimum absolute atomic E-state index is 0.00407. The van der Waals surface area contributed by atoms with Crippen molar-refractivity contribution in [3.63, 3.8) is 0 Å². The minimum atomic E-state index is -0.00407. The fourth-order valence-corrected chi connectivity index (χ4v) is 1.33. The van der Waals surface area contributed by atoms with Crippen LogP contribution in [0.2, 0.25) is 0 Å². The first kappa shape index (κ1) is 9.19. The molecule has 0 N–H and O–H groups in total. The van der Waals surface area contributed by atoms with Gasteiger partial charge in [0.15, 0.2) is 4.77 Å². The summed E-state index contributed by atoms with van der Waals surface area (Å²) < 4.78 is 3.88. The van der Waals surface area contributed by atoms with Crippen molar-refractivity contribution in [3.05, 3.63) is 26.4 Å². The van der Waals surface area contributed by atoms with Crippen molar-refractivity contribution < 1.29 is 0 Å². The van der Waals surface area contributed by atoms with E-state index in [1.807, 2.05) is 25.5 Å². The second-order valence-corrected chi connectivity index (χ2v) is 3.28. The lowest BCUT2D eigenvalue weighted by Crippen LogP contribution is -2.25. The summed E-state index contributed by atoms with van der Waals surface area (Å²) in [5.41, 5.74) is 1.69. The molecule has 0 aromatic carbocycles. The van der Waals surface area contributed by atoms with Gasteiger partial charge in [0.2, 0.25) is 0 Å². The highest BCUT2D eigenvalue weighted by molar-refractivity contribution is 7.71. The van der Waals surface area contributed by atoms with Gasteiger partial charge < -0.3 is 4.57 Å². The zero-order valence-corrected chi connectivity index (χ0v) is 8.53. The molecule has 1 heterocycles. The average molecular weight is 184 g/mol. The van der Waals surface area contributed by atoms with E-state index in [4.69, 9.17) is 12.2 Å². The summed E-state index contributed by atoms with van der Waals surface area (Å²) in [6, 6.07) is 0. The van der Waals surface area contributed by atoms with Crippen LogP contribution in [0.3, 0.4) is 0 Å². The van der Waals surface area contributed by atoms with E-state index in [9.17, 15) is 4.79 Å². The van der Waals surface area contributed by atoms with Crippen LogP contribution in [0.4, 0.5) is 0 Å². The Hall–Kier alpha value is -0.900. The summed E-state index contributed by atoms with van der Waals surface area (Å²) in [6.07, 6.45) is 0. The maximum atomic E-state index is 11.4. The van der Waals surface area contributed by atoms with Gasteiger partial charge in [-0.3, -0.25) is 9.36 Å². The van der Waals surface area contributed by atoms with E-state index < -0.39 is 0 Å². The van der Waals surface area contributed by atoms with Crippen molar-refractivity contribution >= 4 is 12.2 Å². The zero-order chi connectivity index (χ0) is 9.46. The number of aromatic nitrogens is 2. The number of nitrogens with zero attached hydrogens (tertiary/aromatic N) is 2. The van der Waals surface area contributed by atoms with Crippen LogP contribution in [-0.2, 0) is 14.1 Å². The maximum absolute atomic E-state index is 11.4. The first-order valence-corrected chi connectivity index (χ1v) is 4.11. The molecule has 1 aromatic rings. The molecule has 0 amide bonds. The number of hydrogen-bond acceptors (Lipinski definition) is 2. The lowest BCUT2D eigenvalue weighted by molar-refractivity contribution is 0.687. The first-order valence-electron chi connectivity index (χ1n) is 3.70. The van der Waals surface area contributed by atoms with Gasteiger partial charge in [-0.2, -0.15) is 0 Å². The molecule has 0 aliphatic carbocycles. The third kappa shape index (κ3) is 1.12. The summed E-state index contributed by atoms with van der Waals surface area (Å²) >= 11 is 5.06. The molecule has 1 aromatic heterocycles. The van der Waals surface area contributed by atoms with E-state index in [1.165, 1.54) is 4.57 Å². The van der Waals surface area contributed by atoms with Crippen LogP contribution in [0.15, 0.2) is 4.79 Å². The standard InChI is InChI=1S/C8H12N2OS/c1-5-6(2)9(3)8(12)10(4)7(5)11/h1-4H3. The Morgan fingerprint density at radius 3 is 2.17 bits per heavy atom. The summed E-state index contributed by atoms with van der Waals surface area (Å²) in [4.78, 5) is 11.4. The molecule has 0 spiro atoms. The fraction of sp³-hybridized carbons (Fsp3) is 0.500. The van der Waals surface area contributed by atoms with Gasteiger partial charge in [-0.05, 0) is 26.1 Å². The van der Waals surface area contributed by atoms with Gasteiger partial charge >= 0.3 is 0 Å². The normalized spacial score (nSPS) is 10.3. The quantitative estimate of drug-likeness (QED) is 0.564. The van der Waals surface area contributed by atoms with E-state index in [0.29, 0.717) is 4.77 Å². The fourth-order valence-electron chi connectivity index (χ4n) is 1.11. The van der Waals surface area contributed by atoms with Crippen LogP contribution < -0.4 is 5.56 Å². The molecule has 0 unspecified atom stereocenters. The Balaban J connectivity index is 3.86. The topological polar surface area (TPSA) is 26.9 Å². The Morgan fingerprint density at radius 2 is 1.67 bits per heavy atom. The highest BCUT2D eigenvalue weighted by Crippen LogP contribution is 1.99. The van der Waals surface area contributed by atoms with Gasteiger partial charge in [0, 0.05) is 25.4 Å². The van der Waals surface area contributed by atoms with Crippen LogP contribution in [-0.4, -0.2) is 9.13 Å². The molecule has 0 bridgehead atoms. The van der Waals surface area contributed by atoms with Crippen molar-refractivity contribution in [3.8, 4) is 0 Å². The molecule has 1 rings (SSSR count). The van der Waals surface area contributed by atoms with Crippen LogP contribution >= 0.6 is 12.2 Å². The molecule has 0 aliphatic rings. The van der Waals surface area contributed by atoms with Crippen molar-refractivity contribution in [1.82, 2.24) is 9.13 Å². The molecular weight excluding hydrogens is 172 g/mol. The minimum Gasteiger partial charge on any atom is -0.325 e. The molecule has 0 atom stereocenters. The summed E-state index contributed by atoms with van der Waals surface area (Å²) in [5.74, 6) is 0. The molecule has 12 heavy (non-hydrogen) atoms. The van der Waals surface area contributed by atoms with Gasteiger partial charge in [0.25, 0.3) is 5.56 Å². The molecule has 3 nitrogen and oxygen atoms in total. The molecule has 0 radical (unpaired) electrons. The third-order valence-electron chi connectivity index (χ3n) is 2.25. The van der Waals surface area contributed by atoms with Crippen LogP contribution in [0, 0.1) is 18.6 Å². The highest BCUT2D eigenvalue weighted by Gasteiger charge is 2.04. The first-order chi connectivity index (χ1) is 5.46. The monoisotopic (exact) mass is 184 g/mol. The maximum Gasteiger partial charge on any atom is 0.257 e. The summed E-state index contributed by atoms with van der Waals surface area (Å²) in [7, 11) is 3.56.